The van der Waals surface area contributed by atoms with Crippen molar-refractivity contribution in [1.82, 2.24) is 10.3 Å². The molecule has 4 fully saturated rings. The highest BCUT2D eigenvalue weighted by atomic mass is 19.1. The first-order valence-corrected chi connectivity index (χ1v) is 10.7. The Morgan fingerprint density at radius 3 is 2.59 bits per heavy atom. The second kappa shape index (κ2) is 7.08. The molecular weight excluding hydrogens is 369 g/mol. The van der Waals surface area contributed by atoms with E-state index in [0.29, 0.717) is 40.9 Å². The number of hydrogen-bond donors (Lipinski definition) is 2. The third-order valence-electron chi connectivity index (χ3n) is 6.65. The van der Waals surface area contributed by atoms with Gasteiger partial charge in [0.05, 0.1) is 16.8 Å². The van der Waals surface area contributed by atoms with Crippen molar-refractivity contribution < 1.29 is 14.0 Å². The van der Waals surface area contributed by atoms with Crippen LogP contribution in [0.25, 0.3) is 10.9 Å². The standard InChI is InChI=1S/C23H26FN3O2/c1-2-3-16(28)8-12-9-17-20(10-19(12)24)25-11-18(23(29)26-15-4-5-15)22(17)27-21-13-6-14(21)7-13/h9-11,13-15,21H,2-8H2,1H3,(H,25,27)(H,26,29). The lowest BCUT2D eigenvalue weighted by Gasteiger charge is -2.58. The largest absolute Gasteiger partial charge is 0.381 e. The Morgan fingerprint density at radius 2 is 1.97 bits per heavy atom. The fourth-order valence-corrected chi connectivity index (χ4v) is 4.48. The van der Waals surface area contributed by atoms with Crippen LogP contribution in [0.5, 0.6) is 0 Å². The maximum absolute atomic E-state index is 14.6. The Bertz CT molecular complexity index is 987. The number of Topliss-reactive ketones (excluding diaryl/α,β-unsaturated/α-hetero) is 1. The van der Waals surface area contributed by atoms with Crippen LogP contribution < -0.4 is 10.6 Å². The molecule has 0 radical (unpaired) electrons. The molecule has 4 saturated carbocycles. The van der Waals surface area contributed by atoms with Crippen molar-refractivity contribution in [3.8, 4) is 0 Å². The van der Waals surface area contributed by atoms with Crippen LogP contribution in [0.3, 0.4) is 0 Å². The topological polar surface area (TPSA) is 71.1 Å². The Morgan fingerprint density at radius 1 is 1.21 bits per heavy atom. The molecule has 1 amide bonds. The number of carbonyl (C=O) groups excluding carboxylic acids is 2. The van der Waals surface area contributed by atoms with Crippen LogP contribution in [0.15, 0.2) is 18.3 Å². The van der Waals surface area contributed by atoms with Crippen molar-refractivity contribution in [1.29, 1.82) is 0 Å². The summed E-state index contributed by atoms with van der Waals surface area (Å²) < 4.78 is 14.6. The Balaban J connectivity index is 1.55. The number of anilines is 1. The number of benzene rings is 1. The first-order valence-electron chi connectivity index (χ1n) is 10.7. The number of amides is 1. The zero-order valence-corrected chi connectivity index (χ0v) is 16.6. The van der Waals surface area contributed by atoms with Crippen molar-refractivity contribution >= 4 is 28.3 Å². The van der Waals surface area contributed by atoms with Crippen molar-refractivity contribution in [2.45, 2.75) is 64.0 Å². The molecule has 0 unspecified atom stereocenters. The number of hydrogen-bond acceptors (Lipinski definition) is 4. The molecule has 2 N–H and O–H groups in total. The third-order valence-corrected chi connectivity index (χ3v) is 6.65. The summed E-state index contributed by atoms with van der Waals surface area (Å²) in [6.07, 6.45) is 7.32. The maximum atomic E-state index is 14.6. The molecule has 5 nitrogen and oxygen atoms in total. The van der Waals surface area contributed by atoms with E-state index >= 15 is 0 Å². The zero-order valence-electron chi connectivity index (χ0n) is 16.6. The van der Waals surface area contributed by atoms with Gasteiger partial charge in [0, 0.05) is 42.6 Å². The molecular formula is C23H26FN3O2. The second-order valence-electron chi connectivity index (χ2n) is 8.88. The van der Waals surface area contributed by atoms with E-state index in [1.54, 1.807) is 12.3 Å². The third kappa shape index (κ3) is 3.38. The fraction of sp³-hybridized carbons (Fsp3) is 0.522. The molecule has 4 aliphatic carbocycles. The molecule has 29 heavy (non-hydrogen) atoms. The lowest BCUT2D eigenvalue weighted by molar-refractivity contribution is -0.118. The van der Waals surface area contributed by atoms with Gasteiger partial charge in [-0.25, -0.2) is 4.39 Å². The molecule has 1 aromatic carbocycles. The average Bonchev–Trinajstić information content (AvgIpc) is 3.42. The molecule has 2 aromatic rings. The summed E-state index contributed by atoms with van der Waals surface area (Å²) in [5, 5.41) is 7.34. The Kier molecular flexibility index (Phi) is 4.52. The van der Waals surface area contributed by atoms with Crippen LogP contribution in [0, 0.1) is 17.7 Å². The molecule has 1 heterocycles. The number of nitrogens with one attached hydrogen (secondary N) is 2. The molecule has 6 rings (SSSR count). The number of nitrogens with zero attached hydrogens (tertiary/aromatic N) is 1. The average molecular weight is 395 g/mol. The molecule has 2 bridgehead atoms. The summed E-state index contributed by atoms with van der Waals surface area (Å²) in [7, 11) is 0. The Labute approximate surface area is 169 Å². The monoisotopic (exact) mass is 395 g/mol. The SMILES string of the molecule is CCCC(=O)Cc1cc2c(NC3C4CC3C4)c(C(=O)NC3CC3)cnc2cc1F. The highest BCUT2D eigenvalue weighted by molar-refractivity contribution is 6.07. The summed E-state index contributed by atoms with van der Waals surface area (Å²) in [6.45, 7) is 1.94. The van der Waals surface area contributed by atoms with Gasteiger partial charge in [-0.05, 0) is 55.6 Å². The predicted octanol–water partition coefficient (Wildman–Crippen LogP) is 4.00. The summed E-state index contributed by atoms with van der Waals surface area (Å²) >= 11 is 0. The highest BCUT2D eigenvalue weighted by Crippen LogP contribution is 2.55. The number of halogens is 1. The first-order chi connectivity index (χ1) is 14.0. The summed E-state index contributed by atoms with van der Waals surface area (Å²) in [4.78, 5) is 29.3. The lowest BCUT2D eigenvalue weighted by Crippen LogP contribution is -2.59. The summed E-state index contributed by atoms with van der Waals surface area (Å²) in [5.74, 6) is 0.797. The number of fused-ring (bicyclic) bond motifs is 1. The van der Waals surface area contributed by atoms with E-state index in [0.717, 1.165) is 30.3 Å². The molecule has 0 spiro atoms. The zero-order chi connectivity index (χ0) is 20.1. The number of rotatable bonds is 8. The number of pyridine rings is 1. The van der Waals surface area contributed by atoms with Crippen molar-refractivity contribution in [2.75, 3.05) is 5.32 Å². The van der Waals surface area contributed by atoms with Crippen LogP contribution >= 0.6 is 0 Å². The molecule has 0 saturated heterocycles. The van der Waals surface area contributed by atoms with E-state index in [1.165, 1.54) is 18.9 Å². The second-order valence-corrected chi connectivity index (χ2v) is 8.88. The van der Waals surface area contributed by atoms with E-state index in [1.807, 2.05) is 6.92 Å². The van der Waals surface area contributed by atoms with Crippen LogP contribution in [-0.4, -0.2) is 28.8 Å². The van der Waals surface area contributed by atoms with Gasteiger partial charge in [-0.1, -0.05) is 6.92 Å². The normalized spacial score (nSPS) is 24.6. The van der Waals surface area contributed by atoms with Gasteiger partial charge < -0.3 is 10.6 Å². The van der Waals surface area contributed by atoms with E-state index in [2.05, 4.69) is 15.6 Å². The van der Waals surface area contributed by atoms with E-state index in [9.17, 15) is 14.0 Å². The molecule has 1 aromatic heterocycles. The number of aromatic nitrogens is 1. The van der Waals surface area contributed by atoms with Gasteiger partial charge in [0.1, 0.15) is 11.6 Å². The minimum Gasteiger partial charge on any atom is -0.381 e. The maximum Gasteiger partial charge on any atom is 0.255 e. The molecule has 4 aliphatic rings. The van der Waals surface area contributed by atoms with Crippen molar-refractivity contribution in [2.24, 2.45) is 11.8 Å². The lowest BCUT2D eigenvalue weighted by atomic mass is 9.52. The fourth-order valence-electron chi connectivity index (χ4n) is 4.48. The molecule has 0 aliphatic heterocycles. The van der Waals surface area contributed by atoms with E-state index in [4.69, 9.17) is 0 Å². The van der Waals surface area contributed by atoms with Crippen LogP contribution in [-0.2, 0) is 11.2 Å². The molecule has 6 heteroatoms. The number of carbonyl (C=O) groups is 2. The van der Waals surface area contributed by atoms with Crippen molar-refractivity contribution in [3.05, 3.63) is 35.3 Å². The highest BCUT2D eigenvalue weighted by Gasteiger charge is 2.52. The minimum absolute atomic E-state index is 0.0242. The van der Waals surface area contributed by atoms with Gasteiger partial charge in [-0.15, -0.1) is 0 Å². The summed E-state index contributed by atoms with van der Waals surface area (Å²) in [5.41, 5.74) is 2.12. The van der Waals surface area contributed by atoms with Gasteiger partial charge in [0.15, 0.2) is 0 Å². The quantitative estimate of drug-likeness (QED) is 0.709. The van der Waals surface area contributed by atoms with Gasteiger partial charge in [-0.2, -0.15) is 0 Å². The first kappa shape index (κ1) is 18.5. The minimum atomic E-state index is -0.415. The van der Waals surface area contributed by atoms with Gasteiger partial charge in [0.2, 0.25) is 0 Å². The van der Waals surface area contributed by atoms with Gasteiger partial charge in [-0.3, -0.25) is 14.6 Å². The number of ketones is 1. The predicted molar refractivity (Wildman–Crippen MR) is 109 cm³/mol. The van der Waals surface area contributed by atoms with Crippen LogP contribution in [0.2, 0.25) is 0 Å². The van der Waals surface area contributed by atoms with Gasteiger partial charge >= 0.3 is 0 Å². The summed E-state index contributed by atoms with van der Waals surface area (Å²) in [6, 6.07) is 3.73. The van der Waals surface area contributed by atoms with E-state index < -0.39 is 5.82 Å². The van der Waals surface area contributed by atoms with Crippen LogP contribution in [0.1, 0.15) is 61.4 Å². The smallest absolute Gasteiger partial charge is 0.255 e. The van der Waals surface area contributed by atoms with Gasteiger partial charge in [0.25, 0.3) is 5.91 Å². The molecule has 152 valence electrons. The van der Waals surface area contributed by atoms with Crippen molar-refractivity contribution in [3.63, 3.8) is 0 Å². The van der Waals surface area contributed by atoms with Crippen LogP contribution in [0.4, 0.5) is 10.1 Å². The van der Waals surface area contributed by atoms with E-state index in [-0.39, 0.29) is 24.2 Å². The Hall–Kier alpha value is -2.50. The molecule has 0 atom stereocenters.